The summed E-state index contributed by atoms with van der Waals surface area (Å²) in [6.07, 6.45) is 7.87. The van der Waals surface area contributed by atoms with Crippen molar-refractivity contribution in [2.45, 2.75) is 43.2 Å². The van der Waals surface area contributed by atoms with Crippen molar-refractivity contribution in [3.8, 4) is 0 Å². The Morgan fingerprint density at radius 3 is 2.35 bits per heavy atom. The highest BCUT2D eigenvalue weighted by molar-refractivity contribution is 6.53. The standard InChI is InChI=1S/C27H30N6O/c28-26(16-27(34,17-26)22-10-11-22)21-8-6-20(7-9-21)25-24(19-4-2-1-3-5-19)30-15-14-29-23-12-13-32-33(23)18-31-25/h1-9,14-15,22,32,34H,10-13,16-18,28H2/b15-14+,29-23?,30-24?,31-25?. The number of benzene rings is 2. The van der Waals surface area contributed by atoms with E-state index < -0.39 is 11.1 Å². The van der Waals surface area contributed by atoms with Gasteiger partial charge in [0.15, 0.2) is 0 Å². The SMILES string of the molecule is NC1(c2ccc(C3=NCN4NCCC4=N/C=C/N=C3c3ccccc3)cc2)CC(O)(C2CC2)C1. The summed E-state index contributed by atoms with van der Waals surface area (Å²) < 4.78 is 0. The minimum atomic E-state index is -0.574. The molecule has 2 aromatic carbocycles. The Kier molecular flexibility index (Phi) is 5.21. The van der Waals surface area contributed by atoms with E-state index in [1.165, 1.54) is 0 Å². The number of aliphatic hydroxyl groups is 1. The Morgan fingerprint density at radius 2 is 1.62 bits per heavy atom. The van der Waals surface area contributed by atoms with Crippen molar-refractivity contribution in [3.63, 3.8) is 0 Å². The topological polar surface area (TPSA) is 98.6 Å². The number of rotatable bonds is 4. The summed E-state index contributed by atoms with van der Waals surface area (Å²) in [4.78, 5) is 14.3. The summed E-state index contributed by atoms with van der Waals surface area (Å²) in [6.45, 7) is 1.30. The van der Waals surface area contributed by atoms with Gasteiger partial charge < -0.3 is 10.8 Å². The molecular weight excluding hydrogens is 424 g/mol. The predicted molar refractivity (Wildman–Crippen MR) is 135 cm³/mol. The van der Waals surface area contributed by atoms with Gasteiger partial charge in [-0.2, -0.15) is 0 Å². The van der Waals surface area contributed by atoms with Gasteiger partial charge in [0.25, 0.3) is 0 Å². The summed E-state index contributed by atoms with van der Waals surface area (Å²) in [5.41, 5.74) is 13.7. The molecule has 1 saturated heterocycles. The maximum atomic E-state index is 10.8. The van der Waals surface area contributed by atoms with E-state index in [4.69, 9.17) is 15.7 Å². The molecule has 0 atom stereocenters. The van der Waals surface area contributed by atoms with E-state index in [1.54, 1.807) is 12.4 Å². The van der Waals surface area contributed by atoms with Crippen LogP contribution in [0, 0.1) is 5.92 Å². The number of nitrogens with zero attached hydrogens (tertiary/aromatic N) is 4. The lowest BCUT2D eigenvalue weighted by Gasteiger charge is -2.52. The van der Waals surface area contributed by atoms with E-state index in [-0.39, 0.29) is 0 Å². The summed E-state index contributed by atoms with van der Waals surface area (Å²) in [7, 11) is 0. The van der Waals surface area contributed by atoms with Crippen LogP contribution in [0.15, 0.2) is 82.0 Å². The number of hydrogen-bond acceptors (Lipinski definition) is 7. The largest absolute Gasteiger partial charge is 0.389 e. The molecule has 2 aliphatic carbocycles. The van der Waals surface area contributed by atoms with Gasteiger partial charge in [0, 0.05) is 42.0 Å². The number of hydrazine groups is 1. The highest BCUT2D eigenvalue weighted by Gasteiger charge is 2.58. The van der Waals surface area contributed by atoms with Crippen LogP contribution in [0.2, 0.25) is 0 Å². The van der Waals surface area contributed by atoms with E-state index in [1.807, 2.05) is 35.3 Å². The number of amidine groups is 1. The first kappa shape index (κ1) is 21.4. The third-order valence-electron chi connectivity index (χ3n) is 7.41. The number of hydrogen-bond donors (Lipinski definition) is 3. The van der Waals surface area contributed by atoms with Gasteiger partial charge in [0.2, 0.25) is 0 Å². The second-order valence-electron chi connectivity index (χ2n) is 9.89. The second kappa shape index (κ2) is 8.27. The third-order valence-corrected chi connectivity index (χ3v) is 7.41. The fourth-order valence-electron chi connectivity index (χ4n) is 5.45. The molecule has 2 aliphatic heterocycles. The summed E-state index contributed by atoms with van der Waals surface area (Å²) in [5.74, 6) is 1.40. The highest BCUT2D eigenvalue weighted by atomic mass is 16.3. The molecule has 7 heteroatoms. The van der Waals surface area contributed by atoms with Crippen molar-refractivity contribution in [1.29, 1.82) is 0 Å². The monoisotopic (exact) mass is 454 g/mol. The highest BCUT2D eigenvalue weighted by Crippen LogP contribution is 2.56. The molecule has 4 aliphatic rings. The zero-order valence-corrected chi connectivity index (χ0v) is 19.2. The average molecular weight is 455 g/mol. The van der Waals surface area contributed by atoms with E-state index >= 15 is 0 Å². The van der Waals surface area contributed by atoms with Crippen LogP contribution in [0.5, 0.6) is 0 Å². The Bertz CT molecular complexity index is 1190. The lowest BCUT2D eigenvalue weighted by Crippen LogP contribution is -2.60. The molecule has 7 nitrogen and oxygen atoms in total. The van der Waals surface area contributed by atoms with Crippen LogP contribution in [0.3, 0.4) is 0 Å². The van der Waals surface area contributed by atoms with Crippen molar-refractivity contribution in [1.82, 2.24) is 10.4 Å². The van der Waals surface area contributed by atoms with E-state index in [0.717, 1.165) is 59.8 Å². The fraction of sp³-hybridized carbons (Fsp3) is 0.370. The number of aliphatic imine (C=N–C) groups is 3. The molecule has 0 aromatic heterocycles. The molecule has 34 heavy (non-hydrogen) atoms. The molecule has 2 heterocycles. The Hall–Kier alpha value is -3.13. The molecule has 6 rings (SSSR count). The van der Waals surface area contributed by atoms with Crippen LogP contribution in [-0.2, 0) is 5.54 Å². The maximum absolute atomic E-state index is 10.8. The van der Waals surface area contributed by atoms with Crippen LogP contribution < -0.4 is 11.2 Å². The first-order valence-electron chi connectivity index (χ1n) is 12.1. The Labute approximate surface area is 199 Å². The van der Waals surface area contributed by atoms with Crippen molar-refractivity contribution < 1.29 is 5.11 Å². The normalized spacial score (nSPS) is 29.9. The van der Waals surface area contributed by atoms with Gasteiger partial charge in [0.1, 0.15) is 12.5 Å². The van der Waals surface area contributed by atoms with Crippen LogP contribution in [0.25, 0.3) is 0 Å². The maximum Gasteiger partial charge on any atom is 0.126 e. The minimum absolute atomic E-state index is 0.436. The van der Waals surface area contributed by atoms with Crippen LogP contribution >= 0.6 is 0 Å². The zero-order valence-electron chi connectivity index (χ0n) is 19.2. The number of nitrogens with one attached hydrogen (secondary N) is 1. The molecule has 0 unspecified atom stereocenters. The molecule has 174 valence electrons. The van der Waals surface area contributed by atoms with Gasteiger partial charge in [0.05, 0.1) is 17.0 Å². The lowest BCUT2D eigenvalue weighted by atomic mass is 9.60. The zero-order chi connectivity index (χ0) is 23.2. The Balaban J connectivity index is 1.34. The summed E-state index contributed by atoms with van der Waals surface area (Å²) >= 11 is 0. The molecule has 0 spiro atoms. The van der Waals surface area contributed by atoms with Gasteiger partial charge in [-0.1, -0.05) is 54.6 Å². The molecular formula is C27H30N6O. The van der Waals surface area contributed by atoms with E-state index in [0.29, 0.717) is 25.4 Å². The van der Waals surface area contributed by atoms with Crippen molar-refractivity contribution in [2.75, 3.05) is 13.2 Å². The first-order valence-corrected chi connectivity index (χ1v) is 12.1. The summed E-state index contributed by atoms with van der Waals surface area (Å²) in [6, 6.07) is 18.4. The average Bonchev–Trinajstić information content (AvgIpc) is 3.61. The summed E-state index contributed by atoms with van der Waals surface area (Å²) in [5, 5.41) is 12.8. The van der Waals surface area contributed by atoms with E-state index in [9.17, 15) is 5.11 Å². The second-order valence-corrected chi connectivity index (χ2v) is 9.89. The molecule has 2 aromatic rings. The molecule has 4 N–H and O–H groups in total. The fourth-order valence-corrected chi connectivity index (χ4v) is 5.45. The van der Waals surface area contributed by atoms with Crippen LogP contribution in [0.4, 0.5) is 0 Å². The van der Waals surface area contributed by atoms with Gasteiger partial charge in [-0.3, -0.25) is 15.0 Å². The van der Waals surface area contributed by atoms with Gasteiger partial charge in [-0.25, -0.2) is 10.4 Å². The molecule has 0 bridgehead atoms. The first-order chi connectivity index (χ1) is 16.5. The minimum Gasteiger partial charge on any atom is -0.389 e. The van der Waals surface area contributed by atoms with Crippen LogP contribution in [-0.4, -0.2) is 46.2 Å². The van der Waals surface area contributed by atoms with E-state index in [2.05, 4.69) is 34.7 Å². The molecule has 0 radical (unpaired) electrons. The van der Waals surface area contributed by atoms with Crippen molar-refractivity contribution in [2.24, 2.45) is 26.6 Å². The number of nitrogens with two attached hydrogens (primary N) is 1. The lowest BCUT2D eigenvalue weighted by molar-refractivity contribution is -0.106. The smallest absolute Gasteiger partial charge is 0.126 e. The van der Waals surface area contributed by atoms with Crippen LogP contribution in [0.1, 0.15) is 48.8 Å². The molecule has 3 fully saturated rings. The Morgan fingerprint density at radius 1 is 0.912 bits per heavy atom. The third kappa shape index (κ3) is 3.90. The predicted octanol–water partition coefficient (Wildman–Crippen LogP) is 3.11. The quantitative estimate of drug-likeness (QED) is 0.661. The number of fused-ring (bicyclic) bond motifs is 1. The van der Waals surface area contributed by atoms with Gasteiger partial charge in [-0.15, -0.1) is 0 Å². The van der Waals surface area contributed by atoms with Gasteiger partial charge >= 0.3 is 0 Å². The van der Waals surface area contributed by atoms with Crippen molar-refractivity contribution >= 4 is 17.3 Å². The van der Waals surface area contributed by atoms with Gasteiger partial charge in [-0.05, 0) is 37.2 Å². The molecule has 2 saturated carbocycles. The van der Waals surface area contributed by atoms with Crippen molar-refractivity contribution in [3.05, 3.63) is 83.7 Å². The molecule has 0 amide bonds.